The van der Waals surface area contributed by atoms with E-state index >= 15 is 0 Å². The molecule has 0 aliphatic carbocycles. The van der Waals surface area contributed by atoms with E-state index in [2.05, 4.69) is 4.98 Å². The summed E-state index contributed by atoms with van der Waals surface area (Å²) in [6.07, 6.45) is 4.30. The van der Waals surface area contributed by atoms with Gasteiger partial charge in [-0.15, -0.1) is 0 Å². The third-order valence-corrected chi connectivity index (χ3v) is 8.10. The van der Waals surface area contributed by atoms with Crippen molar-refractivity contribution < 1.29 is 22.1 Å². The highest BCUT2D eigenvalue weighted by Crippen LogP contribution is 2.42. The van der Waals surface area contributed by atoms with Crippen molar-refractivity contribution in [1.29, 1.82) is 0 Å². The Hall–Kier alpha value is -3.91. The first-order chi connectivity index (χ1) is 17.6. The van der Waals surface area contributed by atoms with Crippen molar-refractivity contribution in [2.45, 2.75) is 51.0 Å². The molecule has 0 bridgehead atoms. The first kappa shape index (κ1) is 24.8. The van der Waals surface area contributed by atoms with Crippen molar-refractivity contribution in [1.82, 2.24) is 9.55 Å². The molecule has 37 heavy (non-hydrogen) atoms. The van der Waals surface area contributed by atoms with E-state index in [1.165, 1.54) is 12.1 Å². The predicted octanol–water partition coefficient (Wildman–Crippen LogP) is 5.53. The molecule has 0 saturated carbocycles. The Bertz CT molecular complexity index is 1590. The maximum absolute atomic E-state index is 13.7. The topological polar surface area (TPSA) is 87.5 Å². The second-order valence-corrected chi connectivity index (χ2v) is 11.1. The lowest BCUT2D eigenvalue weighted by Crippen LogP contribution is -2.45. The Kier molecular flexibility index (Phi) is 6.15. The maximum atomic E-state index is 13.7. The number of aryl methyl sites for hydroxylation is 2. The fourth-order valence-corrected chi connectivity index (χ4v) is 5.61. The van der Waals surface area contributed by atoms with Gasteiger partial charge in [0.1, 0.15) is 16.4 Å². The second kappa shape index (κ2) is 9.19. The number of ether oxygens (including phenoxy) is 1. The zero-order valence-corrected chi connectivity index (χ0v) is 22.0. The number of imidazole rings is 1. The van der Waals surface area contributed by atoms with Crippen molar-refractivity contribution in [3.63, 3.8) is 0 Å². The third-order valence-electron chi connectivity index (χ3n) is 6.85. The summed E-state index contributed by atoms with van der Waals surface area (Å²) in [5.41, 5.74) is 2.88. The van der Waals surface area contributed by atoms with Gasteiger partial charge in [-0.2, -0.15) is 8.42 Å². The van der Waals surface area contributed by atoms with Crippen LogP contribution in [0.1, 0.15) is 46.2 Å². The highest BCUT2D eigenvalue weighted by atomic mass is 32.2. The van der Waals surface area contributed by atoms with E-state index in [0.717, 1.165) is 16.8 Å². The molecule has 0 N–H and O–H groups in total. The minimum Gasteiger partial charge on any atom is -0.479 e. The van der Waals surface area contributed by atoms with Gasteiger partial charge in [0.15, 0.2) is 11.4 Å². The molecule has 2 heterocycles. The van der Waals surface area contributed by atoms with E-state index in [-0.39, 0.29) is 16.4 Å². The van der Waals surface area contributed by atoms with Gasteiger partial charge in [0.05, 0.1) is 0 Å². The fraction of sp³-hybridized carbons (Fsp3) is 0.241. The quantitative estimate of drug-likeness (QED) is 0.247. The number of carbonyl (C=O) groups excluding carboxylic acids is 1. The van der Waals surface area contributed by atoms with Crippen molar-refractivity contribution in [3.8, 4) is 17.2 Å². The van der Waals surface area contributed by atoms with Crippen molar-refractivity contribution >= 4 is 15.9 Å². The third kappa shape index (κ3) is 4.53. The van der Waals surface area contributed by atoms with Gasteiger partial charge < -0.3 is 8.92 Å². The maximum Gasteiger partial charge on any atom is 0.339 e. The first-order valence-corrected chi connectivity index (χ1v) is 13.5. The summed E-state index contributed by atoms with van der Waals surface area (Å²) in [5.74, 6) is 0.925. The van der Waals surface area contributed by atoms with E-state index < -0.39 is 15.7 Å². The zero-order chi connectivity index (χ0) is 26.4. The average Bonchev–Trinajstić information content (AvgIpc) is 3.37. The molecule has 8 heteroatoms. The summed E-state index contributed by atoms with van der Waals surface area (Å²) >= 11 is 0. The van der Waals surface area contributed by atoms with Crippen LogP contribution in [0.3, 0.4) is 0 Å². The molecule has 0 fully saturated rings. The number of Topliss-reactive ketones (excluding diaryl/α,β-unsaturated/α-hetero) is 1. The standard InChI is InChI=1S/C29H28N2O5S/c1-19-10-12-23(13-11-19)37(33,34)36-25-18-20(2)26-24(21(25)3)14-15-29(4,35-26)27(32)28-30-16-17-31(28)22-8-6-5-7-9-22/h5-13,16-18H,14-15H2,1-4H3/t29-/m0/s1. The Morgan fingerprint density at radius 3 is 2.46 bits per heavy atom. The fourth-order valence-electron chi connectivity index (χ4n) is 4.63. The SMILES string of the molecule is Cc1ccc(S(=O)(=O)Oc2cc(C)c3c(c2C)CC[C@@](C)(C(=O)c2nccn2-c2ccccc2)O3)cc1. The number of nitrogens with zero attached hydrogens (tertiary/aromatic N) is 2. The highest BCUT2D eigenvalue weighted by Gasteiger charge is 2.43. The number of fused-ring (bicyclic) bond motifs is 1. The number of hydrogen-bond acceptors (Lipinski definition) is 6. The van der Waals surface area contributed by atoms with Gasteiger partial charge in [-0.05, 0) is 82.0 Å². The van der Waals surface area contributed by atoms with Crippen LogP contribution in [0.5, 0.6) is 11.5 Å². The van der Waals surface area contributed by atoms with Crippen molar-refractivity contribution in [3.05, 3.63) is 101 Å². The van der Waals surface area contributed by atoms with Gasteiger partial charge in [0, 0.05) is 23.6 Å². The predicted molar refractivity (Wildman–Crippen MR) is 140 cm³/mol. The summed E-state index contributed by atoms with van der Waals surface area (Å²) in [4.78, 5) is 18.1. The van der Waals surface area contributed by atoms with Gasteiger partial charge >= 0.3 is 10.1 Å². The molecule has 0 spiro atoms. The van der Waals surface area contributed by atoms with Crippen LogP contribution in [-0.2, 0) is 16.5 Å². The first-order valence-electron chi connectivity index (χ1n) is 12.1. The Labute approximate surface area is 216 Å². The van der Waals surface area contributed by atoms with Crippen LogP contribution in [0.2, 0.25) is 0 Å². The molecule has 1 atom stereocenters. The summed E-state index contributed by atoms with van der Waals surface area (Å²) in [6.45, 7) is 7.31. The van der Waals surface area contributed by atoms with E-state index in [1.807, 2.05) is 51.1 Å². The van der Waals surface area contributed by atoms with Crippen molar-refractivity contribution in [2.24, 2.45) is 0 Å². The lowest BCUT2D eigenvalue weighted by Gasteiger charge is -2.36. The summed E-state index contributed by atoms with van der Waals surface area (Å²) in [5, 5.41) is 0. The van der Waals surface area contributed by atoms with E-state index in [1.54, 1.807) is 42.1 Å². The molecule has 1 aromatic heterocycles. The molecule has 5 rings (SSSR count). The second-order valence-electron chi connectivity index (χ2n) is 9.59. The van der Waals surface area contributed by atoms with Crippen LogP contribution in [0.15, 0.2) is 78.0 Å². The largest absolute Gasteiger partial charge is 0.479 e. The lowest BCUT2D eigenvalue weighted by atomic mass is 9.86. The molecular formula is C29H28N2O5S. The van der Waals surface area contributed by atoms with Gasteiger partial charge in [0.25, 0.3) is 0 Å². The molecule has 1 aliphatic heterocycles. The molecular weight excluding hydrogens is 488 g/mol. The Balaban J connectivity index is 1.45. The molecule has 1 aliphatic rings. The minimum atomic E-state index is -4.00. The Morgan fingerprint density at radius 2 is 1.76 bits per heavy atom. The number of hydrogen-bond donors (Lipinski definition) is 0. The molecule has 4 aromatic rings. The van der Waals surface area contributed by atoms with E-state index in [0.29, 0.717) is 35.5 Å². The minimum absolute atomic E-state index is 0.0937. The van der Waals surface area contributed by atoms with Gasteiger partial charge in [0.2, 0.25) is 5.78 Å². The molecule has 190 valence electrons. The summed E-state index contributed by atoms with van der Waals surface area (Å²) in [7, 11) is -4.00. The van der Waals surface area contributed by atoms with Crippen LogP contribution in [0, 0.1) is 20.8 Å². The normalized spacial score (nSPS) is 17.1. The lowest BCUT2D eigenvalue weighted by molar-refractivity contribution is 0.0417. The van der Waals surface area contributed by atoms with Crippen LogP contribution in [-0.4, -0.2) is 29.4 Å². The van der Waals surface area contributed by atoms with Crippen LogP contribution >= 0.6 is 0 Å². The Morgan fingerprint density at radius 1 is 1.05 bits per heavy atom. The van der Waals surface area contributed by atoms with Gasteiger partial charge in [-0.1, -0.05) is 35.9 Å². The monoisotopic (exact) mass is 516 g/mol. The highest BCUT2D eigenvalue weighted by molar-refractivity contribution is 7.87. The van der Waals surface area contributed by atoms with Crippen LogP contribution < -0.4 is 8.92 Å². The summed E-state index contributed by atoms with van der Waals surface area (Å²) in [6, 6.07) is 17.7. The van der Waals surface area contributed by atoms with Crippen LogP contribution in [0.25, 0.3) is 5.69 Å². The number of ketones is 1. The molecule has 0 radical (unpaired) electrons. The van der Waals surface area contributed by atoms with Gasteiger partial charge in [-0.25, -0.2) is 4.98 Å². The summed E-state index contributed by atoms with van der Waals surface area (Å²) < 4.78 is 39.5. The molecule has 7 nitrogen and oxygen atoms in total. The molecule has 0 amide bonds. The molecule has 3 aromatic carbocycles. The van der Waals surface area contributed by atoms with E-state index in [4.69, 9.17) is 8.92 Å². The number of carbonyl (C=O) groups is 1. The smallest absolute Gasteiger partial charge is 0.339 e. The number of benzene rings is 3. The zero-order valence-electron chi connectivity index (χ0n) is 21.2. The number of para-hydroxylation sites is 1. The number of rotatable bonds is 6. The van der Waals surface area contributed by atoms with Crippen LogP contribution in [0.4, 0.5) is 0 Å². The van der Waals surface area contributed by atoms with Gasteiger partial charge in [-0.3, -0.25) is 9.36 Å². The van der Waals surface area contributed by atoms with E-state index in [9.17, 15) is 13.2 Å². The number of aromatic nitrogens is 2. The molecule has 0 saturated heterocycles. The molecule has 0 unspecified atom stereocenters. The average molecular weight is 517 g/mol. The van der Waals surface area contributed by atoms with Crippen molar-refractivity contribution in [2.75, 3.05) is 0 Å².